The summed E-state index contributed by atoms with van der Waals surface area (Å²) in [6.07, 6.45) is -2.60. The zero-order chi connectivity index (χ0) is 25.7. The van der Waals surface area contributed by atoms with Gasteiger partial charge in [-0.2, -0.15) is 18.3 Å². The van der Waals surface area contributed by atoms with E-state index in [4.69, 9.17) is 14.2 Å². The van der Waals surface area contributed by atoms with Gasteiger partial charge in [0, 0.05) is 21.2 Å². The van der Waals surface area contributed by atoms with E-state index in [0.29, 0.717) is 30.7 Å². The Morgan fingerprint density at radius 3 is 2.47 bits per heavy atom. The topological polar surface area (TPSA) is 82.9 Å². The maximum atomic E-state index is 13.9. The molecular formula is C22H36F3N3O5Si. The standard InChI is InChI=1S/C22H36F3N3O5Si/c1-21(2,3)33-18(29)14-32-13-16-8-7-9-27(16)17-12-26-28(15-31-10-11-34(4,5)6)20(30)19(17)22(23,24)25/h12,16H,7-11,13-15H2,1-6H3/t16-/m0/s1. The second-order valence-corrected chi connectivity index (χ2v) is 16.3. The highest BCUT2D eigenvalue weighted by atomic mass is 28.3. The Balaban J connectivity index is 2.14. The molecule has 34 heavy (non-hydrogen) atoms. The Bertz CT molecular complexity index is 894. The van der Waals surface area contributed by atoms with E-state index in [1.54, 1.807) is 20.8 Å². The number of hydrogen-bond donors (Lipinski definition) is 0. The largest absolute Gasteiger partial charge is 0.458 e. The zero-order valence-corrected chi connectivity index (χ0v) is 21.8. The highest BCUT2D eigenvalue weighted by Crippen LogP contribution is 2.36. The molecule has 1 aliphatic heterocycles. The summed E-state index contributed by atoms with van der Waals surface area (Å²) in [5.74, 6) is -0.550. The maximum absolute atomic E-state index is 13.9. The second kappa shape index (κ2) is 11.2. The van der Waals surface area contributed by atoms with Gasteiger partial charge in [0.25, 0.3) is 5.56 Å². The van der Waals surface area contributed by atoms with Gasteiger partial charge in [0.1, 0.15) is 24.5 Å². The Morgan fingerprint density at radius 2 is 1.88 bits per heavy atom. The van der Waals surface area contributed by atoms with Gasteiger partial charge in [-0.3, -0.25) is 4.79 Å². The Hall–Kier alpha value is -1.92. The maximum Gasteiger partial charge on any atom is 0.423 e. The number of halogens is 3. The van der Waals surface area contributed by atoms with Gasteiger partial charge >= 0.3 is 12.1 Å². The van der Waals surface area contributed by atoms with Crippen molar-refractivity contribution in [2.45, 2.75) is 83.8 Å². The van der Waals surface area contributed by atoms with E-state index in [0.717, 1.165) is 12.2 Å². The van der Waals surface area contributed by atoms with Crippen molar-refractivity contribution in [3.63, 3.8) is 0 Å². The minimum absolute atomic E-state index is 0.0272. The fraction of sp³-hybridized carbons (Fsp3) is 0.773. The van der Waals surface area contributed by atoms with Gasteiger partial charge in [0.05, 0.1) is 24.5 Å². The molecule has 0 amide bonds. The number of hydrogen-bond acceptors (Lipinski definition) is 7. The lowest BCUT2D eigenvalue weighted by atomic mass is 10.2. The molecule has 2 heterocycles. The van der Waals surface area contributed by atoms with E-state index >= 15 is 0 Å². The lowest BCUT2D eigenvalue weighted by Crippen LogP contribution is -2.39. The van der Waals surface area contributed by atoms with E-state index in [9.17, 15) is 22.8 Å². The Labute approximate surface area is 199 Å². The second-order valence-electron chi connectivity index (χ2n) is 10.6. The highest BCUT2D eigenvalue weighted by Gasteiger charge is 2.41. The van der Waals surface area contributed by atoms with Crippen molar-refractivity contribution in [3.8, 4) is 0 Å². The van der Waals surface area contributed by atoms with Crippen LogP contribution in [0, 0.1) is 0 Å². The summed E-state index contributed by atoms with van der Waals surface area (Å²) in [6, 6.07) is 0.402. The number of carbonyl (C=O) groups is 1. The third kappa shape index (κ3) is 8.70. The predicted molar refractivity (Wildman–Crippen MR) is 125 cm³/mol. The van der Waals surface area contributed by atoms with Crippen LogP contribution in [-0.4, -0.2) is 61.8 Å². The van der Waals surface area contributed by atoms with Gasteiger partial charge in [-0.25, -0.2) is 9.48 Å². The number of aromatic nitrogens is 2. The highest BCUT2D eigenvalue weighted by molar-refractivity contribution is 6.76. The molecule has 0 saturated carbocycles. The molecule has 1 atom stereocenters. The average Bonchev–Trinajstić information content (AvgIpc) is 3.11. The van der Waals surface area contributed by atoms with Gasteiger partial charge in [0.15, 0.2) is 0 Å². The van der Waals surface area contributed by atoms with Crippen LogP contribution < -0.4 is 10.5 Å². The lowest BCUT2D eigenvalue weighted by molar-refractivity contribution is -0.160. The average molecular weight is 508 g/mol. The fourth-order valence-electron chi connectivity index (χ4n) is 3.56. The van der Waals surface area contributed by atoms with Gasteiger partial charge in [0.2, 0.25) is 0 Å². The van der Waals surface area contributed by atoms with Crippen LogP contribution >= 0.6 is 0 Å². The van der Waals surface area contributed by atoms with Crippen LogP contribution in [0.15, 0.2) is 11.0 Å². The summed E-state index contributed by atoms with van der Waals surface area (Å²) < 4.78 is 58.5. The van der Waals surface area contributed by atoms with Crippen LogP contribution in [0.1, 0.15) is 39.2 Å². The Kier molecular flexibility index (Phi) is 9.34. The SMILES string of the molecule is CC(C)(C)OC(=O)COC[C@@H]1CCCN1c1cnn(COCC[Si](C)(C)C)c(=O)c1C(F)(F)F. The molecule has 0 N–H and O–H groups in total. The smallest absolute Gasteiger partial charge is 0.423 e. The number of rotatable bonds is 10. The van der Waals surface area contributed by atoms with Crippen molar-refractivity contribution >= 4 is 19.7 Å². The fourth-order valence-corrected chi connectivity index (χ4v) is 4.32. The minimum Gasteiger partial charge on any atom is -0.458 e. The molecule has 0 aliphatic carbocycles. The first-order valence-corrected chi connectivity index (χ1v) is 15.1. The van der Waals surface area contributed by atoms with E-state index in [-0.39, 0.29) is 25.6 Å². The van der Waals surface area contributed by atoms with Gasteiger partial charge in [-0.1, -0.05) is 19.6 Å². The van der Waals surface area contributed by atoms with Crippen LogP contribution in [0.2, 0.25) is 25.7 Å². The molecule has 0 aromatic carbocycles. The molecule has 0 bridgehead atoms. The molecule has 1 saturated heterocycles. The number of esters is 1. The molecule has 12 heteroatoms. The third-order valence-electron chi connectivity index (χ3n) is 5.15. The minimum atomic E-state index is -4.86. The number of alkyl halides is 3. The zero-order valence-electron chi connectivity index (χ0n) is 20.8. The van der Waals surface area contributed by atoms with Gasteiger partial charge in [-0.05, 0) is 39.7 Å². The molecule has 194 valence electrons. The molecular weight excluding hydrogens is 471 g/mol. The van der Waals surface area contributed by atoms with E-state index in [1.807, 2.05) is 0 Å². The van der Waals surface area contributed by atoms with Crippen molar-refractivity contribution < 1.29 is 32.2 Å². The van der Waals surface area contributed by atoms with Crippen LogP contribution in [-0.2, 0) is 31.9 Å². The molecule has 1 aromatic heterocycles. The van der Waals surface area contributed by atoms with Crippen molar-refractivity contribution in [2.24, 2.45) is 0 Å². The summed E-state index contributed by atoms with van der Waals surface area (Å²) in [6.45, 7) is 11.7. The van der Waals surface area contributed by atoms with Crippen LogP contribution in [0.5, 0.6) is 0 Å². The number of nitrogens with zero attached hydrogens (tertiary/aromatic N) is 3. The molecule has 1 aliphatic rings. The molecule has 1 fully saturated rings. The first-order chi connectivity index (χ1) is 15.6. The lowest BCUT2D eigenvalue weighted by Gasteiger charge is -2.29. The number of ether oxygens (including phenoxy) is 3. The first-order valence-electron chi connectivity index (χ1n) is 11.4. The normalized spacial score (nSPS) is 17.3. The summed E-state index contributed by atoms with van der Waals surface area (Å²) >= 11 is 0. The van der Waals surface area contributed by atoms with Crippen LogP contribution in [0.4, 0.5) is 18.9 Å². The number of carbonyl (C=O) groups excluding carboxylic acids is 1. The van der Waals surface area contributed by atoms with Crippen molar-refractivity contribution in [1.29, 1.82) is 0 Å². The number of anilines is 1. The first kappa shape index (κ1) is 28.3. The molecule has 0 unspecified atom stereocenters. The van der Waals surface area contributed by atoms with E-state index in [1.165, 1.54) is 4.90 Å². The monoisotopic (exact) mass is 507 g/mol. The molecule has 0 radical (unpaired) electrons. The van der Waals surface area contributed by atoms with E-state index < -0.39 is 43.0 Å². The molecule has 1 aromatic rings. The summed E-state index contributed by atoms with van der Waals surface area (Å²) in [5, 5.41) is 3.95. The summed E-state index contributed by atoms with van der Waals surface area (Å²) in [7, 11) is -1.37. The summed E-state index contributed by atoms with van der Waals surface area (Å²) in [5.41, 5.74) is -3.44. The van der Waals surface area contributed by atoms with Crippen molar-refractivity contribution in [3.05, 3.63) is 22.1 Å². The molecule has 8 nitrogen and oxygen atoms in total. The molecule has 2 rings (SSSR count). The Morgan fingerprint density at radius 1 is 1.21 bits per heavy atom. The quantitative estimate of drug-likeness (QED) is 0.270. The van der Waals surface area contributed by atoms with Crippen LogP contribution in [0.25, 0.3) is 0 Å². The molecule has 0 spiro atoms. The predicted octanol–water partition coefficient (Wildman–Crippen LogP) is 3.90. The van der Waals surface area contributed by atoms with Crippen LogP contribution in [0.3, 0.4) is 0 Å². The van der Waals surface area contributed by atoms with Crippen molar-refractivity contribution in [1.82, 2.24) is 9.78 Å². The van der Waals surface area contributed by atoms with Gasteiger partial charge < -0.3 is 19.1 Å². The van der Waals surface area contributed by atoms with E-state index in [2.05, 4.69) is 24.7 Å². The van der Waals surface area contributed by atoms with Crippen molar-refractivity contribution in [2.75, 3.05) is 31.3 Å². The summed E-state index contributed by atoms with van der Waals surface area (Å²) in [4.78, 5) is 26.0. The third-order valence-corrected chi connectivity index (χ3v) is 6.86. The van der Waals surface area contributed by atoms with Gasteiger partial charge in [-0.15, -0.1) is 0 Å².